The zero-order valence-corrected chi connectivity index (χ0v) is 13.7. The average Bonchev–Trinajstić information content (AvgIpc) is 2.50. The van der Waals surface area contributed by atoms with Crippen molar-refractivity contribution in [2.24, 2.45) is 0 Å². The molecule has 0 radical (unpaired) electrons. The van der Waals surface area contributed by atoms with E-state index in [1.54, 1.807) is 19.1 Å². The summed E-state index contributed by atoms with van der Waals surface area (Å²) in [5, 5.41) is 12.5. The first-order chi connectivity index (χ1) is 10.4. The van der Waals surface area contributed by atoms with Gasteiger partial charge in [-0.05, 0) is 52.2 Å². The van der Waals surface area contributed by atoms with Gasteiger partial charge in [-0.15, -0.1) is 0 Å². The molecule has 0 aliphatic heterocycles. The van der Waals surface area contributed by atoms with Crippen molar-refractivity contribution in [3.05, 3.63) is 57.3 Å². The molecule has 0 aliphatic carbocycles. The molecule has 2 aromatic rings. The first-order valence-electron chi connectivity index (χ1n) is 6.52. The molecular weight excluding hydrogens is 353 g/mol. The van der Waals surface area contributed by atoms with Crippen LogP contribution in [0.15, 0.2) is 34.8 Å². The molecule has 0 bridgehead atoms. The van der Waals surface area contributed by atoms with E-state index in [4.69, 9.17) is 4.74 Å². The molecule has 0 saturated heterocycles. The van der Waals surface area contributed by atoms with Gasteiger partial charge < -0.3 is 15.2 Å². The molecule has 0 saturated carbocycles. The number of nitrogens with one attached hydrogen (secondary N) is 1. The number of halogens is 2. The molecule has 0 aromatic heterocycles. The summed E-state index contributed by atoms with van der Waals surface area (Å²) in [5.41, 5.74) is 1.68. The van der Waals surface area contributed by atoms with Crippen LogP contribution in [0.4, 0.5) is 4.39 Å². The Morgan fingerprint density at radius 3 is 2.73 bits per heavy atom. The summed E-state index contributed by atoms with van der Waals surface area (Å²) in [5.74, 6) is -0.450. The van der Waals surface area contributed by atoms with Crippen LogP contribution in [0.2, 0.25) is 0 Å². The number of ether oxygens (including phenoxy) is 1. The molecule has 0 fully saturated rings. The second-order valence-corrected chi connectivity index (χ2v) is 5.63. The van der Waals surface area contributed by atoms with E-state index in [1.165, 1.54) is 25.3 Å². The lowest BCUT2D eigenvalue weighted by Gasteiger charge is -2.10. The molecule has 0 spiro atoms. The van der Waals surface area contributed by atoms with Crippen molar-refractivity contribution in [3.63, 3.8) is 0 Å². The van der Waals surface area contributed by atoms with Crippen molar-refractivity contribution in [1.29, 1.82) is 0 Å². The van der Waals surface area contributed by atoms with Crippen LogP contribution in [-0.4, -0.2) is 18.1 Å². The van der Waals surface area contributed by atoms with Gasteiger partial charge in [0.15, 0.2) is 11.5 Å². The first kappa shape index (κ1) is 16.3. The topological polar surface area (TPSA) is 58.6 Å². The normalized spacial score (nSPS) is 10.4. The molecule has 1 amide bonds. The molecule has 4 nitrogen and oxygen atoms in total. The van der Waals surface area contributed by atoms with Gasteiger partial charge in [0.05, 0.1) is 11.6 Å². The molecular formula is C16H15BrFNO3. The first-order valence-corrected chi connectivity index (χ1v) is 7.31. The number of carbonyl (C=O) groups is 1. The molecule has 0 unspecified atom stereocenters. The summed E-state index contributed by atoms with van der Waals surface area (Å²) >= 11 is 3.17. The van der Waals surface area contributed by atoms with Gasteiger partial charge >= 0.3 is 0 Å². The quantitative estimate of drug-likeness (QED) is 0.868. The van der Waals surface area contributed by atoms with Crippen LogP contribution in [0.25, 0.3) is 0 Å². The zero-order chi connectivity index (χ0) is 16.3. The van der Waals surface area contributed by atoms with Gasteiger partial charge in [-0.3, -0.25) is 4.79 Å². The van der Waals surface area contributed by atoms with Crippen LogP contribution in [0, 0.1) is 12.7 Å². The maximum Gasteiger partial charge on any atom is 0.251 e. The zero-order valence-electron chi connectivity index (χ0n) is 12.1. The molecule has 22 heavy (non-hydrogen) atoms. The Hall–Kier alpha value is -2.08. The Labute approximate surface area is 136 Å². The van der Waals surface area contributed by atoms with Gasteiger partial charge in [0.2, 0.25) is 0 Å². The Morgan fingerprint density at radius 1 is 1.36 bits per heavy atom. The molecule has 6 heteroatoms. The highest BCUT2D eigenvalue weighted by molar-refractivity contribution is 9.10. The van der Waals surface area contributed by atoms with Crippen LogP contribution in [0.3, 0.4) is 0 Å². The smallest absolute Gasteiger partial charge is 0.251 e. The molecule has 2 N–H and O–H groups in total. The van der Waals surface area contributed by atoms with Gasteiger partial charge in [0, 0.05) is 12.1 Å². The van der Waals surface area contributed by atoms with Crippen molar-refractivity contribution in [2.75, 3.05) is 7.11 Å². The predicted octanol–water partition coefficient (Wildman–Crippen LogP) is 3.54. The van der Waals surface area contributed by atoms with Crippen LogP contribution >= 0.6 is 15.9 Å². The fourth-order valence-electron chi connectivity index (χ4n) is 1.96. The van der Waals surface area contributed by atoms with Gasteiger partial charge in [0.1, 0.15) is 5.82 Å². The molecule has 0 atom stereocenters. The fraction of sp³-hybridized carbons (Fsp3) is 0.188. The van der Waals surface area contributed by atoms with E-state index < -0.39 is 0 Å². The minimum atomic E-state index is -0.319. The van der Waals surface area contributed by atoms with Crippen LogP contribution in [0.1, 0.15) is 21.5 Å². The highest BCUT2D eigenvalue weighted by Gasteiger charge is 2.13. The van der Waals surface area contributed by atoms with E-state index in [-0.39, 0.29) is 29.8 Å². The van der Waals surface area contributed by atoms with Crippen LogP contribution < -0.4 is 10.1 Å². The van der Waals surface area contributed by atoms with Gasteiger partial charge in [-0.25, -0.2) is 4.39 Å². The Balaban J connectivity index is 2.12. The molecule has 0 heterocycles. The van der Waals surface area contributed by atoms with Crippen molar-refractivity contribution < 1.29 is 19.0 Å². The summed E-state index contributed by atoms with van der Waals surface area (Å²) in [7, 11) is 1.41. The third kappa shape index (κ3) is 3.57. The third-order valence-corrected chi connectivity index (χ3v) is 3.79. The van der Waals surface area contributed by atoms with E-state index >= 15 is 0 Å². The third-order valence-electron chi connectivity index (χ3n) is 3.19. The SMILES string of the molecule is COc1cc(C(=O)NCc2ccc(F)c(C)c2)cc(Br)c1O. The van der Waals surface area contributed by atoms with Crippen molar-refractivity contribution >= 4 is 21.8 Å². The van der Waals surface area contributed by atoms with Crippen molar-refractivity contribution in [3.8, 4) is 11.5 Å². The second-order valence-electron chi connectivity index (χ2n) is 4.78. The number of hydrogen-bond donors (Lipinski definition) is 2. The number of aryl methyl sites for hydroxylation is 1. The van der Waals surface area contributed by atoms with Crippen LogP contribution in [0.5, 0.6) is 11.5 Å². The second kappa shape index (κ2) is 6.79. The maximum atomic E-state index is 13.2. The average molecular weight is 368 g/mol. The number of benzene rings is 2. The molecule has 2 rings (SSSR count). The number of methoxy groups -OCH3 is 1. The van der Waals surface area contributed by atoms with E-state index in [0.717, 1.165) is 5.56 Å². The lowest BCUT2D eigenvalue weighted by Crippen LogP contribution is -2.22. The number of amides is 1. The highest BCUT2D eigenvalue weighted by atomic mass is 79.9. The van der Waals surface area contributed by atoms with Crippen molar-refractivity contribution in [2.45, 2.75) is 13.5 Å². The van der Waals surface area contributed by atoms with Gasteiger partial charge in [0.25, 0.3) is 5.91 Å². The van der Waals surface area contributed by atoms with Crippen LogP contribution in [-0.2, 0) is 6.54 Å². The number of hydrogen-bond acceptors (Lipinski definition) is 3. The van der Waals surface area contributed by atoms with E-state index in [9.17, 15) is 14.3 Å². The van der Waals surface area contributed by atoms with Crippen molar-refractivity contribution in [1.82, 2.24) is 5.32 Å². The number of carbonyl (C=O) groups excluding carboxylic acids is 1. The van der Waals surface area contributed by atoms with E-state index in [2.05, 4.69) is 21.2 Å². The van der Waals surface area contributed by atoms with E-state index in [1.807, 2.05) is 0 Å². The maximum absolute atomic E-state index is 13.2. The van der Waals surface area contributed by atoms with E-state index in [0.29, 0.717) is 15.6 Å². The molecule has 116 valence electrons. The Morgan fingerprint density at radius 2 is 2.09 bits per heavy atom. The largest absolute Gasteiger partial charge is 0.503 e. The number of phenolic OH excluding ortho intramolecular Hbond substituents is 1. The summed E-state index contributed by atoms with van der Waals surface area (Å²) in [6.07, 6.45) is 0. The number of phenols is 1. The standard InChI is InChI=1S/C16H15BrFNO3/c1-9-5-10(3-4-13(9)18)8-19-16(21)11-6-12(17)15(20)14(7-11)22-2/h3-7,20H,8H2,1-2H3,(H,19,21). The minimum Gasteiger partial charge on any atom is -0.503 e. The summed E-state index contributed by atoms with van der Waals surface area (Å²) in [4.78, 5) is 12.2. The highest BCUT2D eigenvalue weighted by Crippen LogP contribution is 2.35. The summed E-state index contributed by atoms with van der Waals surface area (Å²) < 4.78 is 18.6. The summed E-state index contributed by atoms with van der Waals surface area (Å²) in [6.45, 7) is 1.95. The van der Waals surface area contributed by atoms with Gasteiger partial charge in [-0.2, -0.15) is 0 Å². The number of aromatic hydroxyl groups is 1. The Kier molecular flexibility index (Phi) is 5.03. The Bertz CT molecular complexity index is 719. The predicted molar refractivity (Wildman–Crippen MR) is 84.7 cm³/mol. The minimum absolute atomic E-state index is 0.0618. The monoisotopic (exact) mass is 367 g/mol. The lowest BCUT2D eigenvalue weighted by molar-refractivity contribution is 0.0950. The fourth-order valence-corrected chi connectivity index (χ4v) is 2.40. The molecule has 0 aliphatic rings. The molecule has 2 aromatic carbocycles. The summed E-state index contributed by atoms with van der Waals surface area (Å²) in [6, 6.07) is 7.63. The number of rotatable bonds is 4. The van der Waals surface area contributed by atoms with Gasteiger partial charge in [-0.1, -0.05) is 12.1 Å². The lowest BCUT2D eigenvalue weighted by atomic mass is 10.1.